The van der Waals surface area contributed by atoms with Crippen LogP contribution in [0, 0.1) is 17.1 Å². The first-order valence-corrected chi connectivity index (χ1v) is 4.85. The minimum absolute atomic E-state index is 0.0367. The number of hydrogen-bond donors (Lipinski definition) is 1. The predicted octanol–water partition coefficient (Wildman–Crippen LogP) is 3.20. The van der Waals surface area contributed by atoms with Crippen LogP contribution in [-0.4, -0.2) is 5.11 Å². The van der Waals surface area contributed by atoms with E-state index in [4.69, 9.17) is 15.1 Å². The second-order valence-electron chi connectivity index (χ2n) is 3.35. The lowest BCUT2D eigenvalue weighted by Gasteiger charge is -2.06. The Bertz CT molecular complexity index is 573. The highest BCUT2D eigenvalue weighted by Crippen LogP contribution is 2.26. The number of hydrogen-bond acceptors (Lipinski definition) is 3. The van der Waals surface area contributed by atoms with Gasteiger partial charge < -0.3 is 9.84 Å². The van der Waals surface area contributed by atoms with Crippen molar-refractivity contribution in [3.63, 3.8) is 0 Å². The van der Waals surface area contributed by atoms with Crippen molar-refractivity contribution in [3.8, 4) is 23.3 Å². The second kappa shape index (κ2) is 4.54. The molecule has 0 aliphatic heterocycles. The molecule has 84 valence electrons. The molecule has 1 N–H and O–H groups in total. The summed E-state index contributed by atoms with van der Waals surface area (Å²) in [6.45, 7) is 0. The average Bonchev–Trinajstić information content (AvgIpc) is 2.34. The van der Waals surface area contributed by atoms with Gasteiger partial charge in [-0.1, -0.05) is 0 Å². The summed E-state index contributed by atoms with van der Waals surface area (Å²) in [6.07, 6.45) is 0. The van der Waals surface area contributed by atoms with Crippen LogP contribution >= 0.6 is 0 Å². The van der Waals surface area contributed by atoms with Gasteiger partial charge >= 0.3 is 0 Å². The summed E-state index contributed by atoms with van der Waals surface area (Å²) in [5, 5.41) is 17.7. The first kappa shape index (κ1) is 11.0. The molecule has 17 heavy (non-hydrogen) atoms. The number of nitriles is 1. The molecule has 3 nitrogen and oxygen atoms in total. The molecule has 0 radical (unpaired) electrons. The molecule has 0 amide bonds. The van der Waals surface area contributed by atoms with Crippen molar-refractivity contribution in [3.05, 3.63) is 53.8 Å². The molecule has 4 heteroatoms. The van der Waals surface area contributed by atoms with E-state index in [1.54, 1.807) is 0 Å². The van der Waals surface area contributed by atoms with E-state index in [1.165, 1.54) is 36.4 Å². The fourth-order valence-electron chi connectivity index (χ4n) is 1.29. The van der Waals surface area contributed by atoms with Crippen LogP contribution < -0.4 is 4.74 Å². The molecular weight excluding hydrogens is 221 g/mol. The first-order valence-electron chi connectivity index (χ1n) is 4.85. The molecule has 2 rings (SSSR count). The zero-order valence-corrected chi connectivity index (χ0v) is 8.72. The highest BCUT2D eigenvalue weighted by Gasteiger charge is 2.05. The van der Waals surface area contributed by atoms with E-state index in [-0.39, 0.29) is 17.1 Å². The molecular formula is C13H8FNO2. The second-order valence-corrected chi connectivity index (χ2v) is 3.35. The molecule has 0 saturated carbocycles. The van der Waals surface area contributed by atoms with Crippen molar-refractivity contribution in [1.82, 2.24) is 0 Å². The van der Waals surface area contributed by atoms with E-state index in [2.05, 4.69) is 0 Å². The third-order valence-electron chi connectivity index (χ3n) is 2.13. The van der Waals surface area contributed by atoms with Crippen molar-refractivity contribution in [2.45, 2.75) is 0 Å². The van der Waals surface area contributed by atoms with Crippen LogP contribution in [0.5, 0.6) is 17.2 Å². The Kier molecular flexibility index (Phi) is 2.93. The monoisotopic (exact) mass is 229 g/mol. The molecule has 2 aromatic carbocycles. The lowest BCUT2D eigenvalue weighted by Crippen LogP contribution is -1.89. The normalized spacial score (nSPS) is 9.65. The molecule has 0 bridgehead atoms. The van der Waals surface area contributed by atoms with Gasteiger partial charge in [-0.25, -0.2) is 4.39 Å². The molecule has 0 aliphatic carbocycles. The number of aromatic hydroxyl groups is 1. The Morgan fingerprint density at radius 2 is 1.82 bits per heavy atom. The van der Waals surface area contributed by atoms with Crippen LogP contribution in [0.15, 0.2) is 42.5 Å². The summed E-state index contributed by atoms with van der Waals surface area (Å²) >= 11 is 0. The highest BCUT2D eigenvalue weighted by molar-refractivity contribution is 5.39. The van der Waals surface area contributed by atoms with Gasteiger partial charge in [-0.05, 0) is 42.5 Å². The molecule has 0 saturated heterocycles. The average molecular weight is 229 g/mol. The highest BCUT2D eigenvalue weighted by atomic mass is 19.1. The summed E-state index contributed by atoms with van der Waals surface area (Å²) in [5.41, 5.74) is 0.237. The summed E-state index contributed by atoms with van der Waals surface area (Å²) < 4.78 is 18.7. The van der Waals surface area contributed by atoms with Gasteiger partial charge in [0.05, 0.1) is 11.6 Å². The van der Waals surface area contributed by atoms with Crippen LogP contribution in [0.4, 0.5) is 4.39 Å². The minimum atomic E-state index is -0.600. The molecule has 0 fully saturated rings. The zero-order valence-electron chi connectivity index (χ0n) is 8.72. The van der Waals surface area contributed by atoms with Gasteiger partial charge in [0.2, 0.25) is 0 Å². The smallest absolute Gasteiger partial charge is 0.167 e. The minimum Gasteiger partial charge on any atom is -0.508 e. The molecule has 2 aromatic rings. The number of ether oxygens (including phenoxy) is 1. The third-order valence-corrected chi connectivity index (χ3v) is 2.13. The summed E-state index contributed by atoms with van der Waals surface area (Å²) in [6, 6.07) is 11.7. The maximum atomic E-state index is 13.5. The summed E-state index contributed by atoms with van der Waals surface area (Å²) in [7, 11) is 0. The number of benzene rings is 2. The number of rotatable bonds is 2. The summed E-state index contributed by atoms with van der Waals surface area (Å²) in [4.78, 5) is 0. The fraction of sp³-hybridized carbons (Fsp3) is 0. The topological polar surface area (TPSA) is 53.2 Å². The lowest BCUT2D eigenvalue weighted by atomic mass is 10.2. The van der Waals surface area contributed by atoms with E-state index >= 15 is 0 Å². The Balaban J connectivity index is 2.25. The largest absolute Gasteiger partial charge is 0.508 e. The van der Waals surface area contributed by atoms with Crippen LogP contribution in [-0.2, 0) is 0 Å². The molecule has 0 atom stereocenters. The van der Waals surface area contributed by atoms with E-state index < -0.39 is 5.82 Å². The Labute approximate surface area is 97.3 Å². The van der Waals surface area contributed by atoms with Gasteiger partial charge in [-0.15, -0.1) is 0 Å². The van der Waals surface area contributed by atoms with Crippen molar-refractivity contribution < 1.29 is 14.2 Å². The Morgan fingerprint density at radius 3 is 2.41 bits per heavy atom. The SMILES string of the molecule is N#Cc1ccc(Oc2ccc(O)cc2)c(F)c1. The number of halogens is 1. The van der Waals surface area contributed by atoms with Gasteiger partial charge in [0.15, 0.2) is 11.6 Å². The van der Waals surface area contributed by atoms with Crippen molar-refractivity contribution >= 4 is 0 Å². The van der Waals surface area contributed by atoms with Crippen molar-refractivity contribution in [1.29, 1.82) is 5.26 Å². The maximum Gasteiger partial charge on any atom is 0.167 e. The van der Waals surface area contributed by atoms with Crippen LogP contribution in [0.3, 0.4) is 0 Å². The molecule has 0 heterocycles. The number of nitrogens with zero attached hydrogens (tertiary/aromatic N) is 1. The van der Waals surface area contributed by atoms with Crippen LogP contribution in [0.25, 0.3) is 0 Å². The fourth-order valence-corrected chi connectivity index (χ4v) is 1.29. The van der Waals surface area contributed by atoms with Gasteiger partial charge in [-0.2, -0.15) is 5.26 Å². The Hall–Kier alpha value is -2.54. The van der Waals surface area contributed by atoms with E-state index in [1.807, 2.05) is 6.07 Å². The van der Waals surface area contributed by atoms with Crippen LogP contribution in [0.1, 0.15) is 5.56 Å². The predicted molar refractivity (Wildman–Crippen MR) is 59.3 cm³/mol. The standard InChI is InChI=1S/C13H8FNO2/c14-12-7-9(8-15)1-6-13(12)17-11-4-2-10(16)3-5-11/h1-7,16H. The van der Waals surface area contributed by atoms with E-state index in [9.17, 15) is 4.39 Å². The zero-order chi connectivity index (χ0) is 12.3. The molecule has 0 aliphatic rings. The number of phenolic OH excluding ortho intramolecular Hbond substituents is 1. The summed E-state index contributed by atoms with van der Waals surface area (Å²) in [5.74, 6) is -0.0455. The van der Waals surface area contributed by atoms with Gasteiger partial charge in [0, 0.05) is 0 Å². The molecule has 0 aromatic heterocycles. The van der Waals surface area contributed by atoms with Gasteiger partial charge in [-0.3, -0.25) is 0 Å². The Morgan fingerprint density at radius 1 is 1.12 bits per heavy atom. The first-order chi connectivity index (χ1) is 8.19. The molecule has 0 spiro atoms. The lowest BCUT2D eigenvalue weighted by molar-refractivity contribution is 0.438. The van der Waals surface area contributed by atoms with Crippen molar-refractivity contribution in [2.75, 3.05) is 0 Å². The van der Waals surface area contributed by atoms with Crippen LogP contribution in [0.2, 0.25) is 0 Å². The quantitative estimate of drug-likeness (QED) is 0.860. The number of phenols is 1. The van der Waals surface area contributed by atoms with Gasteiger partial charge in [0.25, 0.3) is 0 Å². The third kappa shape index (κ3) is 2.52. The van der Waals surface area contributed by atoms with E-state index in [0.29, 0.717) is 5.75 Å². The van der Waals surface area contributed by atoms with Gasteiger partial charge in [0.1, 0.15) is 11.5 Å². The maximum absolute atomic E-state index is 13.5. The van der Waals surface area contributed by atoms with Crippen molar-refractivity contribution in [2.24, 2.45) is 0 Å². The van der Waals surface area contributed by atoms with E-state index in [0.717, 1.165) is 6.07 Å². The molecule has 0 unspecified atom stereocenters.